The Hall–Kier alpha value is -1.98. The van der Waals surface area contributed by atoms with Crippen LogP contribution >= 0.6 is 0 Å². The molecular formula is C24H35N5O4S. The van der Waals surface area contributed by atoms with Crippen LogP contribution in [0, 0.1) is 5.92 Å². The van der Waals surface area contributed by atoms with Crippen LogP contribution in [0.3, 0.4) is 0 Å². The number of benzene rings is 1. The van der Waals surface area contributed by atoms with Crippen LogP contribution in [0.5, 0.6) is 5.75 Å². The van der Waals surface area contributed by atoms with E-state index in [-0.39, 0.29) is 23.6 Å². The minimum atomic E-state index is -3.85. The zero-order chi connectivity index (χ0) is 23.9. The van der Waals surface area contributed by atoms with Crippen molar-refractivity contribution in [1.29, 1.82) is 0 Å². The van der Waals surface area contributed by atoms with Crippen molar-refractivity contribution in [2.75, 3.05) is 39.8 Å². The van der Waals surface area contributed by atoms with Gasteiger partial charge < -0.3 is 9.84 Å². The number of aliphatic hydroxyl groups is 1. The van der Waals surface area contributed by atoms with Gasteiger partial charge in [0.05, 0.1) is 18.3 Å². The summed E-state index contributed by atoms with van der Waals surface area (Å²) < 4.78 is 37.1. The molecule has 34 heavy (non-hydrogen) atoms. The van der Waals surface area contributed by atoms with Crippen molar-refractivity contribution in [3.05, 3.63) is 30.6 Å². The van der Waals surface area contributed by atoms with E-state index < -0.39 is 16.1 Å². The first-order chi connectivity index (χ1) is 16.3. The Labute approximate surface area is 201 Å². The van der Waals surface area contributed by atoms with Gasteiger partial charge >= 0.3 is 0 Å². The zero-order valence-corrected chi connectivity index (χ0v) is 20.7. The minimum Gasteiger partial charge on any atom is -0.486 e. The lowest BCUT2D eigenvalue weighted by atomic mass is 10.1. The molecule has 0 bridgehead atoms. The molecule has 2 fully saturated rings. The summed E-state index contributed by atoms with van der Waals surface area (Å²) in [4.78, 5) is 4.68. The van der Waals surface area contributed by atoms with Gasteiger partial charge in [0.15, 0.2) is 0 Å². The Morgan fingerprint density at radius 1 is 1.15 bits per heavy atom. The zero-order valence-electron chi connectivity index (χ0n) is 19.9. The second kappa shape index (κ2) is 9.58. The highest BCUT2D eigenvalue weighted by molar-refractivity contribution is 7.89. The van der Waals surface area contributed by atoms with Crippen LogP contribution in [0.25, 0.3) is 11.1 Å². The molecule has 2 aliphatic heterocycles. The van der Waals surface area contributed by atoms with Gasteiger partial charge in [-0.2, -0.15) is 5.10 Å². The fourth-order valence-electron chi connectivity index (χ4n) is 5.63. The summed E-state index contributed by atoms with van der Waals surface area (Å²) in [6.07, 6.45) is 7.82. The second-order valence-electron chi connectivity index (χ2n) is 10.1. The number of aromatic nitrogens is 2. The van der Waals surface area contributed by atoms with Crippen molar-refractivity contribution in [3.8, 4) is 16.9 Å². The summed E-state index contributed by atoms with van der Waals surface area (Å²) in [5.74, 6) is 1.07. The van der Waals surface area contributed by atoms with Gasteiger partial charge in [-0.25, -0.2) is 13.1 Å². The van der Waals surface area contributed by atoms with E-state index >= 15 is 0 Å². The van der Waals surface area contributed by atoms with Crippen LogP contribution in [0.1, 0.15) is 25.7 Å². The summed E-state index contributed by atoms with van der Waals surface area (Å²) in [5.41, 5.74) is 1.75. The van der Waals surface area contributed by atoms with Crippen LogP contribution in [0.15, 0.2) is 35.5 Å². The van der Waals surface area contributed by atoms with Crippen LogP contribution in [0.2, 0.25) is 0 Å². The second-order valence-corrected chi connectivity index (χ2v) is 11.8. The van der Waals surface area contributed by atoms with Gasteiger partial charge in [0.1, 0.15) is 16.7 Å². The molecule has 1 aromatic heterocycles. The van der Waals surface area contributed by atoms with Crippen molar-refractivity contribution < 1.29 is 18.3 Å². The van der Waals surface area contributed by atoms with Gasteiger partial charge in [-0.3, -0.25) is 14.5 Å². The number of β-amino-alcohol motifs (C(OH)–C–C–N with tert-alkyl or cyclic N) is 1. The number of nitrogens with one attached hydrogen (secondary N) is 1. The standard InChI is InChI=1S/C24H35N5O4S/c1-27-14-20(30)11-26-34(31,32)24-8-7-18(19-10-25-28(2)13-19)9-22(24)33-23-16-29(15-21(23)27)12-17-5-3-4-6-17/h7-10,13,17,20-21,23,26,30H,3-6,11-12,14-16H2,1-2H3/t20-,21+,23-/m0/s1. The monoisotopic (exact) mass is 489 g/mol. The summed E-state index contributed by atoms with van der Waals surface area (Å²) in [6, 6.07) is 5.23. The lowest BCUT2D eigenvalue weighted by Gasteiger charge is -2.30. The maximum atomic E-state index is 13.1. The van der Waals surface area contributed by atoms with E-state index in [1.807, 2.05) is 20.3 Å². The SMILES string of the molecule is CN1C[C@@H](O)CNS(=O)(=O)c2ccc(-c3cnn(C)c3)cc2O[C@H]2CN(CC3CCCC3)C[C@H]21. The molecule has 0 unspecified atom stereocenters. The summed E-state index contributed by atoms with van der Waals surface area (Å²) >= 11 is 0. The maximum Gasteiger partial charge on any atom is 0.244 e. The van der Waals surface area contributed by atoms with Crippen LogP contribution in [0.4, 0.5) is 0 Å². The summed E-state index contributed by atoms with van der Waals surface area (Å²) in [5, 5.41) is 14.8. The minimum absolute atomic E-state index is 0.0420. The third kappa shape index (κ3) is 5.01. The van der Waals surface area contributed by atoms with Gasteiger partial charge in [0.25, 0.3) is 0 Å². The average molecular weight is 490 g/mol. The first-order valence-electron chi connectivity index (χ1n) is 12.2. The van der Waals surface area contributed by atoms with E-state index in [0.29, 0.717) is 12.3 Å². The fourth-order valence-corrected chi connectivity index (χ4v) is 6.82. The van der Waals surface area contributed by atoms with E-state index in [1.165, 1.54) is 25.7 Å². The normalized spacial score (nSPS) is 28.7. The smallest absolute Gasteiger partial charge is 0.244 e. The van der Waals surface area contributed by atoms with Gasteiger partial charge in [0, 0.05) is 51.5 Å². The van der Waals surface area contributed by atoms with Crippen molar-refractivity contribution in [1.82, 2.24) is 24.3 Å². The van der Waals surface area contributed by atoms with Crippen LogP contribution < -0.4 is 9.46 Å². The molecule has 186 valence electrons. The van der Waals surface area contributed by atoms with Gasteiger partial charge in [-0.1, -0.05) is 18.9 Å². The van der Waals surface area contributed by atoms with Crippen LogP contribution in [-0.2, 0) is 17.1 Å². The first kappa shape index (κ1) is 23.7. The quantitative estimate of drug-likeness (QED) is 0.670. The number of rotatable bonds is 3. The van der Waals surface area contributed by atoms with Crippen molar-refractivity contribution in [2.24, 2.45) is 13.0 Å². The Kier molecular flexibility index (Phi) is 6.69. The van der Waals surface area contributed by atoms with Crippen molar-refractivity contribution >= 4 is 10.0 Å². The number of hydrogen-bond acceptors (Lipinski definition) is 7. The van der Waals surface area contributed by atoms with Gasteiger partial charge in [0.2, 0.25) is 10.0 Å². The molecule has 0 radical (unpaired) electrons. The molecule has 3 atom stereocenters. The predicted octanol–water partition coefficient (Wildman–Crippen LogP) is 1.29. The number of aliphatic hydroxyl groups excluding tert-OH is 1. The van der Waals surface area contributed by atoms with Crippen molar-refractivity contribution in [2.45, 2.75) is 48.8 Å². The van der Waals surface area contributed by atoms with E-state index in [1.54, 1.807) is 29.1 Å². The molecule has 9 nitrogen and oxygen atoms in total. The fraction of sp³-hybridized carbons (Fsp3) is 0.625. The predicted molar refractivity (Wildman–Crippen MR) is 129 cm³/mol. The topological polar surface area (TPSA) is 99.9 Å². The van der Waals surface area contributed by atoms with Gasteiger partial charge in [-0.15, -0.1) is 0 Å². The Balaban J connectivity index is 1.49. The number of nitrogens with zero attached hydrogens (tertiary/aromatic N) is 4. The molecule has 1 aliphatic carbocycles. The van der Waals surface area contributed by atoms with Gasteiger partial charge in [-0.05, 0) is 43.5 Å². The molecule has 0 amide bonds. The van der Waals surface area contributed by atoms with E-state index in [9.17, 15) is 13.5 Å². The van der Waals surface area contributed by atoms with E-state index in [0.717, 1.165) is 36.7 Å². The van der Waals surface area contributed by atoms with E-state index in [4.69, 9.17) is 4.74 Å². The molecule has 5 rings (SSSR count). The molecule has 0 spiro atoms. The molecule has 1 aromatic carbocycles. The number of likely N-dealkylation sites (tertiary alicyclic amines) is 1. The highest BCUT2D eigenvalue weighted by atomic mass is 32.2. The number of likely N-dealkylation sites (N-methyl/N-ethyl adjacent to an activating group) is 1. The average Bonchev–Trinajstić information content (AvgIpc) is 3.54. The third-order valence-electron chi connectivity index (χ3n) is 7.43. The molecule has 3 heterocycles. The number of hydrogen-bond donors (Lipinski definition) is 2. The largest absolute Gasteiger partial charge is 0.486 e. The highest BCUT2D eigenvalue weighted by Crippen LogP contribution is 2.34. The molecule has 10 heteroatoms. The Morgan fingerprint density at radius 3 is 2.68 bits per heavy atom. The molecule has 2 N–H and O–H groups in total. The molecule has 1 saturated heterocycles. The van der Waals surface area contributed by atoms with E-state index in [2.05, 4.69) is 19.6 Å². The number of ether oxygens (including phenoxy) is 1. The Bertz CT molecular complexity index is 1110. The summed E-state index contributed by atoms with van der Waals surface area (Å²) in [7, 11) is -0.0122. The lowest BCUT2D eigenvalue weighted by Crippen LogP contribution is -2.47. The first-order valence-corrected chi connectivity index (χ1v) is 13.7. The third-order valence-corrected chi connectivity index (χ3v) is 8.89. The Morgan fingerprint density at radius 2 is 1.94 bits per heavy atom. The lowest BCUT2D eigenvalue weighted by molar-refractivity contribution is 0.0713. The number of fused-ring (bicyclic) bond motifs is 2. The molecule has 1 saturated carbocycles. The number of sulfonamides is 1. The molecule has 2 aromatic rings. The molecular weight excluding hydrogens is 454 g/mol. The highest BCUT2D eigenvalue weighted by Gasteiger charge is 2.40. The van der Waals surface area contributed by atoms with Crippen LogP contribution in [-0.4, -0.2) is 91.1 Å². The number of aryl methyl sites for hydroxylation is 1. The maximum absolute atomic E-state index is 13.1. The van der Waals surface area contributed by atoms with Crippen molar-refractivity contribution in [3.63, 3.8) is 0 Å². The summed E-state index contributed by atoms with van der Waals surface area (Å²) in [6.45, 7) is 2.98. The molecule has 3 aliphatic rings.